The van der Waals surface area contributed by atoms with Gasteiger partial charge in [-0.1, -0.05) is 60.2 Å². The number of rotatable bonds is 4. The first-order chi connectivity index (χ1) is 10.2. The molecule has 2 aromatic rings. The van der Waals surface area contributed by atoms with Crippen LogP contribution in [0.5, 0.6) is 0 Å². The Bertz CT molecular complexity index is 630. The summed E-state index contributed by atoms with van der Waals surface area (Å²) in [6.07, 6.45) is -0.606. The van der Waals surface area contributed by atoms with Crippen LogP contribution in [0.4, 0.5) is 4.79 Å². The first-order valence-corrected chi connectivity index (χ1v) is 6.62. The summed E-state index contributed by atoms with van der Waals surface area (Å²) in [7, 11) is 0. The lowest BCUT2D eigenvalue weighted by Gasteiger charge is -2.12. The summed E-state index contributed by atoms with van der Waals surface area (Å²) < 4.78 is 5.10. The zero-order chi connectivity index (χ0) is 15.1. The van der Waals surface area contributed by atoms with E-state index in [2.05, 4.69) is 11.4 Å². The molecule has 1 amide bonds. The molecule has 0 radical (unpaired) electrons. The molecule has 0 saturated carbocycles. The summed E-state index contributed by atoms with van der Waals surface area (Å²) in [4.78, 5) is 11.7. The van der Waals surface area contributed by atoms with E-state index in [1.807, 2.05) is 61.5 Å². The van der Waals surface area contributed by atoms with Crippen molar-refractivity contribution in [1.29, 1.82) is 5.26 Å². The van der Waals surface area contributed by atoms with Crippen LogP contribution in [-0.2, 0) is 11.3 Å². The highest BCUT2D eigenvalue weighted by atomic mass is 16.5. The maximum absolute atomic E-state index is 11.7. The lowest BCUT2D eigenvalue weighted by Crippen LogP contribution is -2.28. The Labute approximate surface area is 124 Å². The van der Waals surface area contributed by atoms with Crippen LogP contribution >= 0.6 is 0 Å². The minimum absolute atomic E-state index is 0.179. The highest BCUT2D eigenvalue weighted by molar-refractivity contribution is 5.68. The second-order valence-electron chi connectivity index (χ2n) is 4.68. The molecule has 0 aliphatic rings. The van der Waals surface area contributed by atoms with Gasteiger partial charge in [0.15, 0.2) is 0 Å². The Morgan fingerprint density at radius 2 is 1.86 bits per heavy atom. The predicted molar refractivity (Wildman–Crippen MR) is 79.3 cm³/mol. The molecule has 1 N–H and O–H groups in total. The number of carbonyl (C=O) groups excluding carboxylic acids is 1. The van der Waals surface area contributed by atoms with Crippen molar-refractivity contribution < 1.29 is 9.53 Å². The van der Waals surface area contributed by atoms with Crippen molar-refractivity contribution in [3.05, 3.63) is 71.3 Å². The topological polar surface area (TPSA) is 62.1 Å². The molecule has 2 rings (SSSR count). The molecule has 0 fully saturated rings. The van der Waals surface area contributed by atoms with E-state index in [0.29, 0.717) is 0 Å². The van der Waals surface area contributed by atoms with Crippen LogP contribution in [-0.4, -0.2) is 6.09 Å². The molecule has 0 spiro atoms. The van der Waals surface area contributed by atoms with Crippen molar-refractivity contribution in [3.8, 4) is 6.07 Å². The van der Waals surface area contributed by atoms with Gasteiger partial charge in [-0.25, -0.2) is 4.79 Å². The highest BCUT2D eigenvalue weighted by Gasteiger charge is 2.14. The van der Waals surface area contributed by atoms with Gasteiger partial charge in [-0.3, -0.25) is 0 Å². The SMILES string of the molecule is Cc1ccc([C@H](C#N)NC(=O)OCc2ccccc2)cc1. The third kappa shape index (κ3) is 4.36. The molecule has 0 aliphatic heterocycles. The molecule has 21 heavy (non-hydrogen) atoms. The Balaban J connectivity index is 1.91. The van der Waals surface area contributed by atoms with Gasteiger partial charge in [0.2, 0.25) is 0 Å². The average molecular weight is 280 g/mol. The second kappa shape index (κ2) is 7.11. The van der Waals surface area contributed by atoms with Crippen LogP contribution in [0.1, 0.15) is 22.7 Å². The number of hydrogen-bond acceptors (Lipinski definition) is 3. The van der Waals surface area contributed by atoms with E-state index in [1.54, 1.807) is 0 Å². The van der Waals surface area contributed by atoms with Crippen LogP contribution in [0, 0.1) is 18.3 Å². The third-order valence-corrected chi connectivity index (χ3v) is 3.01. The van der Waals surface area contributed by atoms with Crippen LogP contribution in [0.3, 0.4) is 0 Å². The van der Waals surface area contributed by atoms with E-state index >= 15 is 0 Å². The van der Waals surface area contributed by atoms with E-state index in [9.17, 15) is 4.79 Å². The van der Waals surface area contributed by atoms with Gasteiger partial charge in [0, 0.05) is 0 Å². The van der Waals surface area contributed by atoms with Crippen molar-refractivity contribution in [3.63, 3.8) is 0 Å². The molecular weight excluding hydrogens is 264 g/mol. The summed E-state index contributed by atoms with van der Waals surface area (Å²) in [5, 5.41) is 11.7. The van der Waals surface area contributed by atoms with Crippen LogP contribution < -0.4 is 5.32 Å². The average Bonchev–Trinajstić information content (AvgIpc) is 2.52. The lowest BCUT2D eigenvalue weighted by atomic mass is 10.1. The van der Waals surface area contributed by atoms with Crippen molar-refractivity contribution >= 4 is 6.09 Å². The molecule has 4 nitrogen and oxygen atoms in total. The molecule has 4 heteroatoms. The van der Waals surface area contributed by atoms with Gasteiger partial charge in [-0.15, -0.1) is 0 Å². The Kier molecular flexibility index (Phi) is 4.94. The second-order valence-corrected chi connectivity index (χ2v) is 4.68. The number of hydrogen-bond donors (Lipinski definition) is 1. The lowest BCUT2D eigenvalue weighted by molar-refractivity contribution is 0.137. The van der Waals surface area contributed by atoms with E-state index in [4.69, 9.17) is 10.00 Å². The van der Waals surface area contributed by atoms with E-state index in [0.717, 1.165) is 16.7 Å². The largest absolute Gasteiger partial charge is 0.445 e. The summed E-state index contributed by atoms with van der Waals surface area (Å²) >= 11 is 0. The summed E-state index contributed by atoms with van der Waals surface area (Å²) in [5.74, 6) is 0. The smallest absolute Gasteiger partial charge is 0.408 e. The normalized spacial score (nSPS) is 11.2. The number of alkyl carbamates (subject to hydrolysis) is 1. The molecule has 106 valence electrons. The van der Waals surface area contributed by atoms with Crippen molar-refractivity contribution in [1.82, 2.24) is 5.32 Å². The van der Waals surface area contributed by atoms with Crippen molar-refractivity contribution in [2.75, 3.05) is 0 Å². The predicted octanol–water partition coefficient (Wildman–Crippen LogP) is 3.49. The molecule has 0 heterocycles. The Morgan fingerprint density at radius 3 is 2.48 bits per heavy atom. The molecule has 0 bridgehead atoms. The van der Waals surface area contributed by atoms with Gasteiger partial charge in [0.25, 0.3) is 0 Å². The number of nitrogens with one attached hydrogen (secondary N) is 1. The van der Waals surface area contributed by atoms with Crippen molar-refractivity contribution in [2.45, 2.75) is 19.6 Å². The number of nitrogens with zero attached hydrogens (tertiary/aromatic N) is 1. The number of amides is 1. The Hall–Kier alpha value is -2.80. The first kappa shape index (κ1) is 14.6. The summed E-state index contributed by atoms with van der Waals surface area (Å²) in [6, 6.07) is 18.2. The van der Waals surface area contributed by atoms with E-state index in [-0.39, 0.29) is 6.61 Å². The van der Waals surface area contributed by atoms with Gasteiger partial charge in [0.05, 0.1) is 6.07 Å². The molecule has 0 aromatic heterocycles. The molecule has 0 unspecified atom stereocenters. The van der Waals surface area contributed by atoms with Gasteiger partial charge >= 0.3 is 6.09 Å². The van der Waals surface area contributed by atoms with Crippen molar-refractivity contribution in [2.24, 2.45) is 0 Å². The van der Waals surface area contributed by atoms with Crippen LogP contribution in [0.15, 0.2) is 54.6 Å². The number of aryl methyl sites for hydroxylation is 1. The molecule has 0 aliphatic carbocycles. The number of ether oxygens (including phenoxy) is 1. The molecule has 0 saturated heterocycles. The maximum atomic E-state index is 11.7. The van der Waals surface area contributed by atoms with Gasteiger partial charge < -0.3 is 10.1 Å². The van der Waals surface area contributed by atoms with E-state index < -0.39 is 12.1 Å². The molecule has 1 atom stereocenters. The zero-order valence-corrected chi connectivity index (χ0v) is 11.7. The fourth-order valence-corrected chi connectivity index (χ4v) is 1.83. The third-order valence-electron chi connectivity index (χ3n) is 3.01. The minimum atomic E-state index is -0.714. The van der Waals surface area contributed by atoms with Gasteiger partial charge in [-0.05, 0) is 18.1 Å². The first-order valence-electron chi connectivity index (χ1n) is 6.62. The summed E-state index contributed by atoms with van der Waals surface area (Å²) in [6.45, 7) is 2.14. The molecule has 2 aromatic carbocycles. The zero-order valence-electron chi connectivity index (χ0n) is 11.7. The fourth-order valence-electron chi connectivity index (χ4n) is 1.83. The molecular formula is C17H16N2O2. The highest BCUT2D eigenvalue weighted by Crippen LogP contribution is 2.13. The van der Waals surface area contributed by atoms with E-state index in [1.165, 1.54) is 0 Å². The fraction of sp³-hybridized carbons (Fsp3) is 0.176. The monoisotopic (exact) mass is 280 g/mol. The Morgan fingerprint density at radius 1 is 1.19 bits per heavy atom. The minimum Gasteiger partial charge on any atom is -0.445 e. The van der Waals surface area contributed by atoms with Crippen LogP contribution in [0.2, 0.25) is 0 Å². The van der Waals surface area contributed by atoms with Gasteiger partial charge in [-0.2, -0.15) is 5.26 Å². The quantitative estimate of drug-likeness (QED) is 0.932. The summed E-state index contributed by atoms with van der Waals surface area (Å²) in [5.41, 5.74) is 2.73. The van der Waals surface area contributed by atoms with Crippen LogP contribution in [0.25, 0.3) is 0 Å². The number of benzene rings is 2. The maximum Gasteiger partial charge on any atom is 0.408 e. The number of carbonyl (C=O) groups is 1. The van der Waals surface area contributed by atoms with Gasteiger partial charge in [0.1, 0.15) is 12.6 Å². The standard InChI is InChI=1S/C17H16N2O2/c1-13-7-9-15(10-8-13)16(11-18)19-17(20)21-12-14-5-3-2-4-6-14/h2-10,16H,12H2,1H3,(H,19,20)/t16-/m0/s1. The number of nitriles is 1.